The summed E-state index contributed by atoms with van der Waals surface area (Å²) >= 11 is 5.28. The van der Waals surface area contributed by atoms with Crippen LogP contribution in [0.5, 0.6) is 0 Å². The molecule has 1 atom stereocenters. The molecule has 0 aliphatic rings. The molecule has 0 amide bonds. The molecule has 0 bridgehead atoms. The van der Waals surface area contributed by atoms with Crippen molar-refractivity contribution in [3.63, 3.8) is 0 Å². The zero-order valence-electron chi connectivity index (χ0n) is 9.47. The second-order valence-electron chi connectivity index (χ2n) is 4.13. The summed E-state index contributed by atoms with van der Waals surface area (Å²) in [6.07, 6.45) is 1.87. The molecule has 1 nitrogen and oxygen atoms in total. The summed E-state index contributed by atoms with van der Waals surface area (Å²) in [6, 6.07) is 12.4. The van der Waals surface area contributed by atoms with Gasteiger partial charge in [0.05, 0.1) is 0 Å². The third-order valence-electron chi connectivity index (χ3n) is 2.79. The molecule has 1 unspecified atom stereocenters. The molecule has 1 aromatic carbocycles. The molecular formula is C14H15BrOS. The number of hydrogen-bond acceptors (Lipinski definition) is 2. The highest BCUT2D eigenvalue weighted by Gasteiger charge is 2.12. The van der Waals surface area contributed by atoms with E-state index >= 15 is 0 Å². The molecule has 0 saturated carbocycles. The van der Waals surface area contributed by atoms with Gasteiger partial charge >= 0.3 is 0 Å². The van der Waals surface area contributed by atoms with Crippen LogP contribution in [0, 0.1) is 5.92 Å². The van der Waals surface area contributed by atoms with Crippen molar-refractivity contribution in [2.45, 2.75) is 12.8 Å². The van der Waals surface area contributed by atoms with E-state index in [4.69, 9.17) is 0 Å². The Bertz CT molecular complexity index is 452. The number of rotatable bonds is 5. The Balaban J connectivity index is 2.00. The van der Waals surface area contributed by atoms with Crippen LogP contribution in [-0.4, -0.2) is 11.7 Å². The van der Waals surface area contributed by atoms with Crippen LogP contribution in [0.1, 0.15) is 10.4 Å². The molecule has 1 aromatic heterocycles. The number of halogens is 1. The molecule has 0 spiro atoms. The first kappa shape index (κ1) is 12.8. The first-order valence-electron chi connectivity index (χ1n) is 5.66. The first-order valence-corrected chi connectivity index (χ1v) is 7.33. The lowest BCUT2D eigenvalue weighted by Crippen LogP contribution is -2.12. The second-order valence-corrected chi connectivity index (χ2v) is 5.99. The van der Waals surface area contributed by atoms with Gasteiger partial charge in [-0.2, -0.15) is 0 Å². The van der Waals surface area contributed by atoms with Gasteiger partial charge in [-0.15, -0.1) is 11.3 Å². The third-order valence-corrected chi connectivity index (χ3v) is 4.74. The lowest BCUT2D eigenvalue weighted by atomic mass is 9.96. The van der Waals surface area contributed by atoms with E-state index in [0.29, 0.717) is 5.92 Å². The lowest BCUT2D eigenvalue weighted by molar-refractivity contribution is 0.225. The Labute approximate surface area is 114 Å². The average Bonchev–Trinajstić information content (AvgIpc) is 2.75. The van der Waals surface area contributed by atoms with Crippen molar-refractivity contribution in [3.8, 4) is 0 Å². The van der Waals surface area contributed by atoms with Crippen LogP contribution in [0.25, 0.3) is 0 Å². The molecule has 0 radical (unpaired) electrons. The minimum atomic E-state index is 0.235. The minimum absolute atomic E-state index is 0.235. The Hall–Kier alpha value is -0.640. The van der Waals surface area contributed by atoms with Crippen molar-refractivity contribution in [2.24, 2.45) is 5.92 Å². The standard InChI is InChI=1S/C14H15BrOS/c15-13-6-7-17-14(13)9-12(10-16)8-11-4-2-1-3-5-11/h1-7,12,16H,8-10H2. The van der Waals surface area contributed by atoms with E-state index in [-0.39, 0.29) is 6.61 Å². The van der Waals surface area contributed by atoms with Crippen molar-refractivity contribution in [1.82, 2.24) is 0 Å². The van der Waals surface area contributed by atoms with Gasteiger partial charge in [0, 0.05) is 16.0 Å². The fraction of sp³-hybridized carbons (Fsp3) is 0.286. The summed E-state index contributed by atoms with van der Waals surface area (Å²) in [4.78, 5) is 1.32. The number of thiophene rings is 1. The van der Waals surface area contributed by atoms with Gasteiger partial charge in [-0.25, -0.2) is 0 Å². The van der Waals surface area contributed by atoms with E-state index in [1.54, 1.807) is 11.3 Å². The molecule has 1 N–H and O–H groups in total. The van der Waals surface area contributed by atoms with Gasteiger partial charge in [-0.1, -0.05) is 30.3 Å². The SMILES string of the molecule is OCC(Cc1ccccc1)Cc1sccc1Br. The fourth-order valence-electron chi connectivity index (χ4n) is 1.88. The van der Waals surface area contributed by atoms with E-state index in [1.165, 1.54) is 10.4 Å². The van der Waals surface area contributed by atoms with Crippen LogP contribution in [0.4, 0.5) is 0 Å². The van der Waals surface area contributed by atoms with Gasteiger partial charge in [0.25, 0.3) is 0 Å². The molecule has 1 heterocycles. The summed E-state index contributed by atoms with van der Waals surface area (Å²) in [5, 5.41) is 11.5. The van der Waals surface area contributed by atoms with Gasteiger partial charge in [-0.3, -0.25) is 0 Å². The maximum Gasteiger partial charge on any atom is 0.0465 e. The summed E-state index contributed by atoms with van der Waals surface area (Å²) < 4.78 is 1.16. The smallest absolute Gasteiger partial charge is 0.0465 e. The van der Waals surface area contributed by atoms with Crippen LogP contribution in [0.2, 0.25) is 0 Å². The van der Waals surface area contributed by atoms with Crippen LogP contribution in [0.3, 0.4) is 0 Å². The van der Waals surface area contributed by atoms with Crippen molar-refractivity contribution < 1.29 is 5.11 Å². The number of benzene rings is 1. The molecule has 2 aromatic rings. The molecule has 3 heteroatoms. The Morgan fingerprint density at radius 1 is 1.12 bits per heavy atom. The van der Waals surface area contributed by atoms with E-state index < -0.39 is 0 Å². The Kier molecular flexibility index (Phi) is 4.77. The maximum atomic E-state index is 9.47. The third kappa shape index (κ3) is 3.66. The summed E-state index contributed by atoms with van der Waals surface area (Å²) in [5.74, 6) is 0.298. The molecule has 0 aliphatic heterocycles. The Morgan fingerprint density at radius 3 is 2.47 bits per heavy atom. The van der Waals surface area contributed by atoms with Gasteiger partial charge in [0.15, 0.2) is 0 Å². The van der Waals surface area contributed by atoms with Crippen molar-refractivity contribution >= 4 is 27.3 Å². The van der Waals surface area contributed by atoms with E-state index in [2.05, 4.69) is 39.5 Å². The molecule has 0 saturated heterocycles. The van der Waals surface area contributed by atoms with E-state index in [1.807, 2.05) is 18.2 Å². The van der Waals surface area contributed by atoms with E-state index in [9.17, 15) is 5.11 Å². The van der Waals surface area contributed by atoms with Crippen molar-refractivity contribution in [3.05, 3.63) is 56.7 Å². The van der Waals surface area contributed by atoms with Crippen LogP contribution in [-0.2, 0) is 12.8 Å². The van der Waals surface area contributed by atoms with Crippen LogP contribution < -0.4 is 0 Å². The zero-order valence-corrected chi connectivity index (χ0v) is 11.9. The monoisotopic (exact) mass is 310 g/mol. The fourth-order valence-corrected chi connectivity index (χ4v) is 3.51. The van der Waals surface area contributed by atoms with Gasteiger partial charge < -0.3 is 5.11 Å². The maximum absolute atomic E-state index is 9.47. The summed E-state index contributed by atoms with van der Waals surface area (Å²) in [7, 11) is 0. The highest BCUT2D eigenvalue weighted by Crippen LogP contribution is 2.26. The van der Waals surface area contributed by atoms with Gasteiger partial charge in [-0.05, 0) is 51.7 Å². The quantitative estimate of drug-likeness (QED) is 0.888. The van der Waals surface area contributed by atoms with Crippen molar-refractivity contribution in [1.29, 1.82) is 0 Å². The highest BCUT2D eigenvalue weighted by molar-refractivity contribution is 9.10. The predicted octanol–water partition coefficient (Wildman–Crippen LogP) is 3.90. The predicted molar refractivity (Wildman–Crippen MR) is 76.4 cm³/mol. The highest BCUT2D eigenvalue weighted by atomic mass is 79.9. The number of aliphatic hydroxyl groups is 1. The van der Waals surface area contributed by atoms with Gasteiger partial charge in [0.1, 0.15) is 0 Å². The lowest BCUT2D eigenvalue weighted by Gasteiger charge is -2.13. The summed E-state index contributed by atoms with van der Waals surface area (Å²) in [5.41, 5.74) is 1.29. The molecule has 0 aliphatic carbocycles. The normalized spacial score (nSPS) is 12.6. The average molecular weight is 311 g/mol. The first-order chi connectivity index (χ1) is 8.29. The molecular weight excluding hydrogens is 296 g/mol. The molecule has 0 fully saturated rings. The second kappa shape index (κ2) is 6.34. The number of aliphatic hydroxyl groups excluding tert-OH is 1. The van der Waals surface area contributed by atoms with Crippen LogP contribution >= 0.6 is 27.3 Å². The largest absolute Gasteiger partial charge is 0.396 e. The molecule has 17 heavy (non-hydrogen) atoms. The minimum Gasteiger partial charge on any atom is -0.396 e. The van der Waals surface area contributed by atoms with Crippen molar-refractivity contribution in [2.75, 3.05) is 6.61 Å². The van der Waals surface area contributed by atoms with Crippen LogP contribution in [0.15, 0.2) is 46.3 Å². The van der Waals surface area contributed by atoms with E-state index in [0.717, 1.165) is 17.3 Å². The molecule has 90 valence electrons. The Morgan fingerprint density at radius 2 is 1.88 bits per heavy atom. The summed E-state index contributed by atoms with van der Waals surface area (Å²) in [6.45, 7) is 0.235. The molecule has 2 rings (SSSR count). The topological polar surface area (TPSA) is 20.2 Å². The number of hydrogen-bond donors (Lipinski definition) is 1. The van der Waals surface area contributed by atoms with Gasteiger partial charge in [0.2, 0.25) is 0 Å². The zero-order chi connectivity index (χ0) is 12.1.